The number of hydrogen-bond acceptors (Lipinski definition) is 1. The van der Waals surface area contributed by atoms with Gasteiger partial charge in [0.15, 0.2) is 0 Å². The average molecular weight is 134 g/mol. The van der Waals surface area contributed by atoms with Crippen molar-refractivity contribution in [3.63, 3.8) is 0 Å². The zero-order valence-corrected chi connectivity index (χ0v) is 7.13. The van der Waals surface area contributed by atoms with Crippen LogP contribution in [0, 0.1) is 0 Å². The van der Waals surface area contributed by atoms with E-state index < -0.39 is 0 Å². The van der Waals surface area contributed by atoms with E-state index >= 15 is 0 Å². The number of rotatable bonds is 4. The molecule has 0 heterocycles. The molecule has 0 saturated carbocycles. The van der Waals surface area contributed by atoms with Crippen LogP contribution in [-0.2, 0) is 4.74 Å². The molecule has 0 aromatic rings. The van der Waals surface area contributed by atoms with Crippen molar-refractivity contribution >= 4 is 0 Å². The minimum Gasteiger partial charge on any atom is -1.00 e. The molecule has 0 saturated heterocycles. The Hall–Kier alpha value is 0.0374. The van der Waals surface area contributed by atoms with Gasteiger partial charge in [-0.1, -0.05) is 12.2 Å². The summed E-state index contributed by atoms with van der Waals surface area (Å²) in [6.45, 7) is 11.1. The molecule has 2 unspecified atom stereocenters. The number of hydrogen-bond donors (Lipinski definition) is 0. The van der Waals surface area contributed by atoms with Crippen molar-refractivity contribution < 1.29 is 25.0 Å². The Morgan fingerprint density at radius 3 is 1.70 bits per heavy atom. The Morgan fingerprint density at radius 2 is 1.50 bits per heavy atom. The van der Waals surface area contributed by atoms with Gasteiger partial charge in [-0.3, -0.25) is 0 Å². The molecule has 10 heavy (non-hydrogen) atoms. The third-order valence-electron chi connectivity index (χ3n) is 1.09. The molecule has 0 spiro atoms. The zero-order chi connectivity index (χ0) is 7.28. The molecule has 0 aliphatic carbocycles. The van der Waals surface area contributed by atoms with Crippen LogP contribution in [0.2, 0.25) is 0 Å². The standard InChI is InChI=1S/C8H14O.Li.H/c1-5-7(3)9-8(4)6-2;;/h5-8H,1-2H2,3-4H3;;/q;+1;-1. The summed E-state index contributed by atoms with van der Waals surface area (Å²) in [6, 6.07) is 0. The van der Waals surface area contributed by atoms with E-state index in [-0.39, 0.29) is 32.5 Å². The van der Waals surface area contributed by atoms with Crippen molar-refractivity contribution in [2.24, 2.45) is 0 Å². The summed E-state index contributed by atoms with van der Waals surface area (Å²) in [5.74, 6) is 0. The molecule has 0 aliphatic heterocycles. The maximum atomic E-state index is 5.31. The van der Waals surface area contributed by atoms with Gasteiger partial charge in [0.25, 0.3) is 0 Å². The summed E-state index contributed by atoms with van der Waals surface area (Å²) >= 11 is 0. The number of ether oxygens (including phenoxy) is 1. The first-order valence-corrected chi connectivity index (χ1v) is 3.11. The van der Waals surface area contributed by atoms with E-state index in [4.69, 9.17) is 4.74 Å². The molecule has 2 atom stereocenters. The van der Waals surface area contributed by atoms with Crippen molar-refractivity contribution in [1.82, 2.24) is 0 Å². The van der Waals surface area contributed by atoms with Crippen LogP contribution in [0.15, 0.2) is 25.3 Å². The molecular weight excluding hydrogens is 119 g/mol. The van der Waals surface area contributed by atoms with Crippen LogP contribution in [0.5, 0.6) is 0 Å². The van der Waals surface area contributed by atoms with Crippen LogP contribution in [-0.4, -0.2) is 12.2 Å². The van der Waals surface area contributed by atoms with Crippen LogP contribution >= 0.6 is 0 Å². The van der Waals surface area contributed by atoms with Gasteiger partial charge in [0, 0.05) is 0 Å². The van der Waals surface area contributed by atoms with Crippen molar-refractivity contribution in [1.29, 1.82) is 0 Å². The molecule has 1 nitrogen and oxygen atoms in total. The average Bonchev–Trinajstić information content (AvgIpc) is 1.87. The van der Waals surface area contributed by atoms with E-state index in [1.54, 1.807) is 12.2 Å². The van der Waals surface area contributed by atoms with Gasteiger partial charge < -0.3 is 6.16 Å². The van der Waals surface area contributed by atoms with Crippen molar-refractivity contribution in [3.05, 3.63) is 25.3 Å². The summed E-state index contributed by atoms with van der Waals surface area (Å²) < 4.78 is 5.31. The molecule has 0 fully saturated rings. The van der Waals surface area contributed by atoms with E-state index in [0.717, 1.165) is 0 Å². The van der Waals surface area contributed by atoms with Gasteiger partial charge in [0.1, 0.15) is 0 Å². The molecule has 0 aromatic carbocycles. The van der Waals surface area contributed by atoms with Crippen LogP contribution in [0.3, 0.4) is 0 Å². The van der Waals surface area contributed by atoms with Crippen LogP contribution in [0.4, 0.5) is 0 Å². The van der Waals surface area contributed by atoms with Gasteiger partial charge in [-0.2, -0.15) is 0 Å². The SMILES string of the molecule is C=CC(C)OC(C)C=C.[H-].[Li+]. The van der Waals surface area contributed by atoms with Gasteiger partial charge in [-0.15, -0.1) is 13.2 Å². The third kappa shape index (κ3) is 6.16. The second kappa shape index (κ2) is 7.15. The van der Waals surface area contributed by atoms with Gasteiger partial charge >= 0.3 is 18.9 Å². The summed E-state index contributed by atoms with van der Waals surface area (Å²) in [5, 5.41) is 0. The quantitative estimate of drug-likeness (QED) is 0.364. The summed E-state index contributed by atoms with van der Waals surface area (Å²) in [7, 11) is 0. The van der Waals surface area contributed by atoms with Crippen LogP contribution < -0.4 is 18.9 Å². The van der Waals surface area contributed by atoms with E-state index in [1.807, 2.05) is 13.8 Å². The molecule has 0 rings (SSSR count). The molecule has 0 N–H and O–H groups in total. The van der Waals surface area contributed by atoms with Crippen molar-refractivity contribution in [2.45, 2.75) is 26.1 Å². The fraction of sp³-hybridized carbons (Fsp3) is 0.500. The molecule has 0 aromatic heterocycles. The smallest absolute Gasteiger partial charge is 1.00 e. The maximum absolute atomic E-state index is 5.31. The minimum atomic E-state index is 0. The monoisotopic (exact) mass is 134 g/mol. The van der Waals surface area contributed by atoms with E-state index in [2.05, 4.69) is 13.2 Å². The first-order valence-electron chi connectivity index (χ1n) is 3.11. The third-order valence-corrected chi connectivity index (χ3v) is 1.09. The maximum Gasteiger partial charge on any atom is 1.00 e. The van der Waals surface area contributed by atoms with Gasteiger partial charge in [-0.05, 0) is 13.8 Å². The Labute approximate surface area is 76.8 Å². The zero-order valence-electron chi connectivity index (χ0n) is 8.13. The second-order valence-corrected chi connectivity index (χ2v) is 2.02. The fourth-order valence-electron chi connectivity index (χ4n) is 0.450. The Balaban J connectivity index is -0.000000320. The van der Waals surface area contributed by atoms with Crippen LogP contribution in [0.25, 0.3) is 0 Å². The van der Waals surface area contributed by atoms with Gasteiger partial charge in [-0.25, -0.2) is 0 Å². The van der Waals surface area contributed by atoms with E-state index in [0.29, 0.717) is 0 Å². The predicted octanol–water partition coefficient (Wildman–Crippen LogP) is -0.731. The summed E-state index contributed by atoms with van der Waals surface area (Å²) in [5.41, 5.74) is 0. The first kappa shape index (κ1) is 12.7. The largest absolute Gasteiger partial charge is 1.00 e. The van der Waals surface area contributed by atoms with Gasteiger partial charge in [0.05, 0.1) is 12.2 Å². The molecule has 0 radical (unpaired) electrons. The predicted molar refractivity (Wildman–Crippen MR) is 41.5 cm³/mol. The molecule has 0 bridgehead atoms. The van der Waals surface area contributed by atoms with E-state index in [9.17, 15) is 0 Å². The van der Waals surface area contributed by atoms with E-state index in [1.165, 1.54) is 0 Å². The normalized spacial score (nSPS) is 14.6. The molecule has 0 aliphatic rings. The minimum absolute atomic E-state index is 0. The molecule has 2 heteroatoms. The van der Waals surface area contributed by atoms with Crippen LogP contribution in [0.1, 0.15) is 15.3 Å². The topological polar surface area (TPSA) is 9.23 Å². The second-order valence-electron chi connectivity index (χ2n) is 2.02. The van der Waals surface area contributed by atoms with Crippen molar-refractivity contribution in [3.8, 4) is 0 Å². The first-order chi connectivity index (χ1) is 4.20. The Bertz CT molecular complexity index is 94.3. The molecular formula is C8H15LiO. The molecule has 54 valence electrons. The van der Waals surface area contributed by atoms with Gasteiger partial charge in [0.2, 0.25) is 0 Å². The van der Waals surface area contributed by atoms with Crippen molar-refractivity contribution in [2.75, 3.05) is 0 Å². The summed E-state index contributed by atoms with van der Waals surface area (Å²) in [4.78, 5) is 0. The summed E-state index contributed by atoms with van der Waals surface area (Å²) in [6.07, 6.45) is 3.77. The fourth-order valence-corrected chi connectivity index (χ4v) is 0.450. The Kier molecular flexibility index (Phi) is 9.07. The molecule has 0 amide bonds. The Morgan fingerprint density at radius 1 is 1.20 bits per heavy atom.